The van der Waals surface area contributed by atoms with Crippen molar-refractivity contribution in [2.24, 2.45) is 14.1 Å². The van der Waals surface area contributed by atoms with Gasteiger partial charge in [-0.25, -0.2) is 17.6 Å². The minimum absolute atomic E-state index is 0.0149. The van der Waals surface area contributed by atoms with Gasteiger partial charge in [0.15, 0.2) is 0 Å². The number of hydrogen-bond acceptors (Lipinski definition) is 4. The molecule has 0 aliphatic heterocycles. The van der Waals surface area contributed by atoms with Crippen molar-refractivity contribution in [1.29, 1.82) is 0 Å². The smallest absolute Gasteiger partial charge is 0.325 e. The van der Waals surface area contributed by atoms with Crippen molar-refractivity contribution in [3.63, 3.8) is 0 Å². The SMILES string of the molecule is Cn1c(=O)n(C)c2cc(S(=O)(=O)c3ccc(F)cc3)c(NC(=O)Cc3ccc(Cl)cc3)cc21. The van der Waals surface area contributed by atoms with E-state index in [4.69, 9.17) is 11.6 Å². The average molecular weight is 488 g/mol. The number of carbonyl (C=O) groups is 1. The van der Waals surface area contributed by atoms with Crippen molar-refractivity contribution in [3.05, 3.63) is 87.6 Å². The van der Waals surface area contributed by atoms with Crippen LogP contribution in [-0.4, -0.2) is 23.5 Å². The lowest BCUT2D eigenvalue weighted by Gasteiger charge is -2.13. The molecule has 0 aliphatic rings. The predicted molar refractivity (Wildman–Crippen MR) is 124 cm³/mol. The van der Waals surface area contributed by atoms with Crippen molar-refractivity contribution in [1.82, 2.24) is 9.13 Å². The summed E-state index contributed by atoms with van der Waals surface area (Å²) in [5.74, 6) is -1.03. The van der Waals surface area contributed by atoms with Crippen LogP contribution in [0.2, 0.25) is 5.02 Å². The summed E-state index contributed by atoms with van der Waals surface area (Å²) in [7, 11) is -1.07. The van der Waals surface area contributed by atoms with Crippen LogP contribution in [-0.2, 0) is 35.1 Å². The minimum atomic E-state index is -4.15. The van der Waals surface area contributed by atoms with Crippen LogP contribution < -0.4 is 11.0 Å². The molecule has 0 spiro atoms. The van der Waals surface area contributed by atoms with E-state index in [0.717, 1.165) is 24.3 Å². The van der Waals surface area contributed by atoms with Gasteiger partial charge in [0.1, 0.15) is 5.82 Å². The van der Waals surface area contributed by atoms with E-state index in [1.807, 2.05) is 0 Å². The Hall–Kier alpha value is -3.43. The van der Waals surface area contributed by atoms with E-state index in [1.54, 1.807) is 31.3 Å². The lowest BCUT2D eigenvalue weighted by atomic mass is 10.1. The molecule has 1 amide bonds. The molecule has 0 radical (unpaired) electrons. The summed E-state index contributed by atoms with van der Waals surface area (Å²) in [5.41, 5.74) is 1.18. The third-order valence-electron chi connectivity index (χ3n) is 5.34. The van der Waals surface area contributed by atoms with Gasteiger partial charge in [-0.2, -0.15) is 0 Å². The summed E-state index contributed by atoms with van der Waals surface area (Å²) in [6, 6.07) is 13.9. The summed E-state index contributed by atoms with van der Waals surface area (Å²) in [4.78, 5) is 24.8. The molecule has 1 N–H and O–H groups in total. The number of carbonyl (C=O) groups excluding carboxylic acids is 1. The van der Waals surface area contributed by atoms with Crippen molar-refractivity contribution in [2.75, 3.05) is 5.32 Å². The summed E-state index contributed by atoms with van der Waals surface area (Å²) in [6.45, 7) is 0. The second kappa shape index (κ2) is 8.49. The van der Waals surface area contributed by atoms with Crippen molar-refractivity contribution < 1.29 is 17.6 Å². The van der Waals surface area contributed by atoms with Crippen LogP contribution in [0.15, 0.2) is 75.2 Å². The van der Waals surface area contributed by atoms with Gasteiger partial charge in [0.25, 0.3) is 0 Å². The number of hydrogen-bond donors (Lipinski definition) is 1. The van der Waals surface area contributed by atoms with E-state index in [1.165, 1.54) is 28.3 Å². The first-order chi connectivity index (χ1) is 15.6. The number of fused-ring (bicyclic) bond motifs is 1. The standard InChI is InChI=1S/C23H19ClFN3O4S/c1-27-19-12-18(26-22(29)11-14-3-5-15(24)6-4-14)21(13-20(19)28(2)23(27)30)33(31,32)17-9-7-16(25)8-10-17/h3-10,12-13H,11H2,1-2H3,(H,26,29). The molecule has 10 heteroatoms. The van der Waals surface area contributed by atoms with Gasteiger partial charge in [0, 0.05) is 19.1 Å². The lowest BCUT2D eigenvalue weighted by molar-refractivity contribution is -0.115. The predicted octanol–water partition coefficient (Wildman–Crippen LogP) is 3.68. The van der Waals surface area contributed by atoms with Crippen LogP contribution in [0.5, 0.6) is 0 Å². The van der Waals surface area contributed by atoms with Crippen molar-refractivity contribution in [2.45, 2.75) is 16.2 Å². The Morgan fingerprint density at radius 1 is 0.970 bits per heavy atom. The second-order valence-electron chi connectivity index (χ2n) is 7.55. The number of anilines is 1. The molecular formula is C23H19ClFN3O4S. The van der Waals surface area contributed by atoms with Crippen LogP contribution in [0.3, 0.4) is 0 Å². The van der Waals surface area contributed by atoms with E-state index in [-0.39, 0.29) is 27.6 Å². The monoisotopic (exact) mass is 487 g/mol. The quantitative estimate of drug-likeness (QED) is 0.435. The molecule has 3 aromatic carbocycles. The van der Waals surface area contributed by atoms with Crippen LogP contribution in [0.4, 0.5) is 10.1 Å². The molecule has 4 rings (SSSR count). The largest absolute Gasteiger partial charge is 0.328 e. The van der Waals surface area contributed by atoms with Gasteiger partial charge in [0.2, 0.25) is 15.7 Å². The first-order valence-electron chi connectivity index (χ1n) is 9.82. The van der Waals surface area contributed by atoms with Gasteiger partial charge >= 0.3 is 5.69 Å². The second-order valence-corrected chi connectivity index (χ2v) is 9.90. The van der Waals surface area contributed by atoms with E-state index in [2.05, 4.69) is 5.32 Å². The van der Waals surface area contributed by atoms with E-state index >= 15 is 0 Å². The molecule has 0 saturated heterocycles. The number of benzene rings is 3. The van der Waals surface area contributed by atoms with Crippen LogP contribution in [0, 0.1) is 5.82 Å². The fourth-order valence-electron chi connectivity index (χ4n) is 3.57. The molecule has 1 aromatic heterocycles. The van der Waals surface area contributed by atoms with E-state index < -0.39 is 21.6 Å². The Labute approximate surface area is 194 Å². The average Bonchev–Trinajstić information content (AvgIpc) is 2.98. The highest BCUT2D eigenvalue weighted by molar-refractivity contribution is 7.91. The first kappa shape index (κ1) is 22.8. The van der Waals surface area contributed by atoms with E-state index in [9.17, 15) is 22.4 Å². The summed E-state index contributed by atoms with van der Waals surface area (Å²) in [6.07, 6.45) is -0.0149. The number of nitrogens with zero attached hydrogens (tertiary/aromatic N) is 2. The Kier molecular flexibility index (Phi) is 5.85. The van der Waals surface area contributed by atoms with Gasteiger partial charge in [0.05, 0.1) is 32.9 Å². The van der Waals surface area contributed by atoms with Gasteiger partial charge in [-0.1, -0.05) is 23.7 Å². The molecule has 1 heterocycles. The number of rotatable bonds is 5. The molecule has 0 saturated carbocycles. The van der Waals surface area contributed by atoms with Gasteiger partial charge in [-0.3, -0.25) is 13.9 Å². The highest BCUT2D eigenvalue weighted by Crippen LogP contribution is 2.32. The molecule has 4 aromatic rings. The molecular weight excluding hydrogens is 469 g/mol. The highest BCUT2D eigenvalue weighted by atomic mass is 35.5. The number of aryl methyl sites for hydroxylation is 2. The summed E-state index contributed by atoms with van der Waals surface area (Å²) < 4.78 is 42.9. The molecule has 0 atom stereocenters. The molecule has 0 unspecified atom stereocenters. The number of halogens is 2. The van der Waals surface area contributed by atoms with Gasteiger partial charge in [-0.05, 0) is 54.1 Å². The molecule has 0 fully saturated rings. The number of amides is 1. The maximum atomic E-state index is 13.4. The fraction of sp³-hybridized carbons (Fsp3) is 0.130. The lowest BCUT2D eigenvalue weighted by Crippen LogP contribution is -2.19. The Morgan fingerprint density at radius 3 is 2.15 bits per heavy atom. The third kappa shape index (κ3) is 4.29. The Balaban J connectivity index is 1.83. The third-order valence-corrected chi connectivity index (χ3v) is 7.40. The number of sulfone groups is 1. The first-order valence-corrected chi connectivity index (χ1v) is 11.7. The number of imidazole rings is 1. The zero-order valence-electron chi connectivity index (χ0n) is 17.7. The molecule has 0 aliphatic carbocycles. The molecule has 33 heavy (non-hydrogen) atoms. The van der Waals surface area contributed by atoms with Crippen LogP contribution in [0.1, 0.15) is 5.56 Å². The van der Waals surface area contributed by atoms with Crippen molar-refractivity contribution in [3.8, 4) is 0 Å². The maximum absolute atomic E-state index is 13.4. The normalized spacial score (nSPS) is 11.6. The van der Waals surface area contributed by atoms with Crippen LogP contribution in [0.25, 0.3) is 11.0 Å². The molecule has 0 bridgehead atoms. The highest BCUT2D eigenvalue weighted by Gasteiger charge is 2.25. The molecule has 7 nitrogen and oxygen atoms in total. The number of nitrogens with one attached hydrogen (secondary N) is 1. The zero-order chi connectivity index (χ0) is 23.9. The zero-order valence-corrected chi connectivity index (χ0v) is 19.2. The van der Waals surface area contributed by atoms with Crippen molar-refractivity contribution >= 4 is 44.1 Å². The van der Waals surface area contributed by atoms with Gasteiger partial charge < -0.3 is 5.32 Å². The fourth-order valence-corrected chi connectivity index (χ4v) is 5.11. The van der Waals surface area contributed by atoms with E-state index in [0.29, 0.717) is 21.6 Å². The van der Waals surface area contributed by atoms with Gasteiger partial charge in [-0.15, -0.1) is 0 Å². The van der Waals surface area contributed by atoms with Crippen LogP contribution >= 0.6 is 11.6 Å². The maximum Gasteiger partial charge on any atom is 0.328 e. The Morgan fingerprint density at radius 2 is 1.55 bits per heavy atom. The molecule has 170 valence electrons. The topological polar surface area (TPSA) is 90.2 Å². The number of aromatic nitrogens is 2. The summed E-state index contributed by atoms with van der Waals surface area (Å²) in [5, 5.41) is 3.19. The minimum Gasteiger partial charge on any atom is -0.325 e. The summed E-state index contributed by atoms with van der Waals surface area (Å²) >= 11 is 5.88. The Bertz CT molecular complexity index is 1540.